The zero-order valence-electron chi connectivity index (χ0n) is 20.1. The van der Waals surface area contributed by atoms with Crippen molar-refractivity contribution < 1.29 is 23.9 Å². The van der Waals surface area contributed by atoms with Crippen molar-refractivity contribution in [1.29, 1.82) is 0 Å². The Balaban J connectivity index is 1.48. The average molecular weight is 559 g/mol. The van der Waals surface area contributed by atoms with Crippen LogP contribution in [0.3, 0.4) is 0 Å². The van der Waals surface area contributed by atoms with Crippen molar-refractivity contribution in [2.45, 2.75) is 12.1 Å². The number of hydrogen-bond acceptors (Lipinski definition) is 6. The number of Topliss-reactive ketones (excluding diaryl/α,β-unsaturated/α-hetero) is 1. The minimum Gasteiger partial charge on any atom is -0.493 e. The number of amides is 2. The molecule has 3 aromatic carbocycles. The van der Waals surface area contributed by atoms with Crippen LogP contribution in [0, 0.1) is 11.8 Å². The third kappa shape index (κ3) is 3.50. The van der Waals surface area contributed by atoms with Crippen LogP contribution in [0.25, 0.3) is 6.08 Å². The fraction of sp³-hybridized carbons (Fsp3) is 0.207. The van der Waals surface area contributed by atoms with E-state index in [1.807, 2.05) is 41.4 Å². The summed E-state index contributed by atoms with van der Waals surface area (Å²) in [5.41, 5.74) is 2.79. The lowest BCUT2D eigenvalue weighted by Crippen LogP contribution is -2.44. The van der Waals surface area contributed by atoms with Crippen molar-refractivity contribution in [1.82, 2.24) is 4.90 Å². The van der Waals surface area contributed by atoms with Crippen molar-refractivity contribution in [2.75, 3.05) is 19.1 Å². The fourth-order valence-corrected chi connectivity index (χ4v) is 6.13. The van der Waals surface area contributed by atoms with Crippen LogP contribution in [-0.4, -0.2) is 42.8 Å². The zero-order chi connectivity index (χ0) is 25.8. The van der Waals surface area contributed by atoms with E-state index in [9.17, 15) is 14.4 Å². The molecule has 0 saturated carbocycles. The van der Waals surface area contributed by atoms with Gasteiger partial charge in [0.15, 0.2) is 17.3 Å². The average Bonchev–Trinajstić information content (AvgIpc) is 3.40. The topological polar surface area (TPSA) is 76.2 Å². The molecule has 0 aliphatic carbocycles. The number of anilines is 1. The number of methoxy groups -OCH3 is 2. The van der Waals surface area contributed by atoms with Gasteiger partial charge in [-0.3, -0.25) is 14.4 Å². The molecular weight excluding hydrogens is 536 g/mol. The van der Waals surface area contributed by atoms with Gasteiger partial charge < -0.3 is 14.4 Å². The molecule has 3 aliphatic heterocycles. The Morgan fingerprint density at radius 3 is 2.30 bits per heavy atom. The molecule has 0 bridgehead atoms. The van der Waals surface area contributed by atoms with E-state index in [0.717, 1.165) is 15.6 Å². The molecule has 8 heteroatoms. The maximum atomic E-state index is 14.1. The van der Waals surface area contributed by atoms with E-state index in [0.29, 0.717) is 22.7 Å². The molecular formula is C29H23BrN2O5. The largest absolute Gasteiger partial charge is 0.493 e. The Morgan fingerprint density at radius 1 is 0.865 bits per heavy atom. The van der Waals surface area contributed by atoms with E-state index < -0.39 is 23.9 Å². The van der Waals surface area contributed by atoms with Gasteiger partial charge in [0.25, 0.3) is 0 Å². The number of fused-ring (bicyclic) bond motifs is 5. The van der Waals surface area contributed by atoms with Gasteiger partial charge in [0, 0.05) is 16.2 Å². The van der Waals surface area contributed by atoms with Crippen LogP contribution < -0.4 is 14.4 Å². The highest BCUT2D eigenvalue weighted by Gasteiger charge is 2.64. The predicted octanol–water partition coefficient (Wildman–Crippen LogP) is 4.86. The molecule has 186 valence electrons. The highest BCUT2D eigenvalue weighted by molar-refractivity contribution is 9.10. The Hall–Kier alpha value is -3.91. The summed E-state index contributed by atoms with van der Waals surface area (Å²) in [5, 5.41) is 0. The molecule has 4 atom stereocenters. The lowest BCUT2D eigenvalue weighted by Gasteiger charge is -2.35. The van der Waals surface area contributed by atoms with Gasteiger partial charge in [0.05, 0.1) is 37.8 Å². The van der Waals surface area contributed by atoms with Gasteiger partial charge in [-0.05, 0) is 59.7 Å². The molecule has 7 nitrogen and oxygen atoms in total. The summed E-state index contributed by atoms with van der Waals surface area (Å²) in [6.45, 7) is 0. The van der Waals surface area contributed by atoms with Crippen molar-refractivity contribution in [3.63, 3.8) is 0 Å². The number of imide groups is 1. The summed E-state index contributed by atoms with van der Waals surface area (Å²) in [7, 11) is 3.04. The van der Waals surface area contributed by atoms with Crippen molar-refractivity contribution in [3.8, 4) is 11.5 Å². The summed E-state index contributed by atoms with van der Waals surface area (Å²) in [4.78, 5) is 45.1. The number of rotatable bonds is 5. The number of benzene rings is 3. The molecule has 0 spiro atoms. The van der Waals surface area contributed by atoms with Crippen LogP contribution in [0.2, 0.25) is 0 Å². The van der Waals surface area contributed by atoms with Crippen LogP contribution in [0.4, 0.5) is 5.69 Å². The third-order valence-electron chi connectivity index (χ3n) is 7.48. The van der Waals surface area contributed by atoms with Gasteiger partial charge in [-0.1, -0.05) is 40.2 Å². The molecule has 3 aromatic rings. The molecule has 37 heavy (non-hydrogen) atoms. The predicted molar refractivity (Wildman–Crippen MR) is 141 cm³/mol. The molecule has 0 radical (unpaired) electrons. The zero-order valence-corrected chi connectivity index (χ0v) is 21.7. The smallest absolute Gasteiger partial charge is 0.240 e. The SMILES string of the molecule is COc1ccc(C(=O)[C@@H]2[C@@H]3C(=O)N(c4ccc(Br)cc4)C(=O)[C@@H]3[C@H]3c4ccccc4C=CN23)cc1OC. The Kier molecular flexibility index (Phi) is 5.64. The molecule has 6 rings (SSSR count). The first kappa shape index (κ1) is 23.5. The number of hydrogen-bond donors (Lipinski definition) is 0. The molecule has 0 aromatic heterocycles. The highest BCUT2D eigenvalue weighted by atomic mass is 79.9. The fourth-order valence-electron chi connectivity index (χ4n) is 5.86. The quantitative estimate of drug-likeness (QED) is 0.328. The second-order valence-corrected chi connectivity index (χ2v) is 10.2. The molecule has 0 unspecified atom stereocenters. The molecule has 2 amide bonds. The first-order valence-electron chi connectivity index (χ1n) is 11.9. The van der Waals surface area contributed by atoms with Crippen molar-refractivity contribution in [3.05, 3.63) is 94.1 Å². The van der Waals surface area contributed by atoms with E-state index in [4.69, 9.17) is 9.47 Å². The van der Waals surface area contributed by atoms with E-state index >= 15 is 0 Å². The standard InChI is InChI=1S/C29H23BrN2O5/c1-36-21-12-7-17(15-22(21)37-2)27(33)26-24-23(25-20-6-4-3-5-16(20)13-14-31(25)26)28(34)32(29(24)35)19-10-8-18(30)9-11-19/h3-15,23-26H,1-2H3/t23-,24+,25+,26-/m0/s1. The minimum absolute atomic E-state index is 0.249. The van der Waals surface area contributed by atoms with Gasteiger partial charge >= 0.3 is 0 Å². The second-order valence-electron chi connectivity index (χ2n) is 9.26. The maximum absolute atomic E-state index is 14.1. The van der Waals surface area contributed by atoms with Gasteiger partial charge in [-0.25, -0.2) is 4.90 Å². The van der Waals surface area contributed by atoms with Crippen LogP contribution >= 0.6 is 15.9 Å². The van der Waals surface area contributed by atoms with Crippen molar-refractivity contribution >= 4 is 45.3 Å². The van der Waals surface area contributed by atoms with E-state index in [2.05, 4.69) is 15.9 Å². The van der Waals surface area contributed by atoms with Crippen LogP contribution in [0.1, 0.15) is 27.5 Å². The Labute approximate surface area is 222 Å². The van der Waals surface area contributed by atoms with Gasteiger partial charge in [0.1, 0.15) is 6.04 Å². The monoisotopic (exact) mass is 558 g/mol. The van der Waals surface area contributed by atoms with Gasteiger partial charge in [-0.2, -0.15) is 0 Å². The number of nitrogens with zero attached hydrogens (tertiary/aromatic N) is 2. The van der Waals surface area contributed by atoms with Crippen LogP contribution in [-0.2, 0) is 9.59 Å². The normalized spacial score (nSPS) is 23.5. The Bertz CT molecular complexity index is 1470. The first-order chi connectivity index (χ1) is 17.9. The minimum atomic E-state index is -0.852. The van der Waals surface area contributed by atoms with E-state index in [-0.39, 0.29) is 17.6 Å². The number of carbonyl (C=O) groups excluding carboxylic acids is 3. The second kappa shape index (κ2) is 8.88. The summed E-state index contributed by atoms with van der Waals surface area (Å²) in [6, 6.07) is 18.5. The number of carbonyl (C=O) groups is 3. The molecule has 2 saturated heterocycles. The maximum Gasteiger partial charge on any atom is 0.240 e. The lowest BCUT2D eigenvalue weighted by molar-refractivity contribution is -0.123. The molecule has 2 fully saturated rings. The number of ketones is 1. The number of ether oxygens (including phenoxy) is 2. The highest BCUT2D eigenvalue weighted by Crippen LogP contribution is 2.53. The molecule has 0 N–H and O–H groups in total. The lowest BCUT2D eigenvalue weighted by atomic mass is 9.83. The summed E-state index contributed by atoms with van der Waals surface area (Å²) in [6.07, 6.45) is 3.78. The van der Waals surface area contributed by atoms with Crippen LogP contribution in [0.5, 0.6) is 11.5 Å². The molecule has 3 aliphatic rings. The van der Waals surface area contributed by atoms with Gasteiger partial charge in [-0.15, -0.1) is 0 Å². The summed E-state index contributed by atoms with van der Waals surface area (Å²) in [5.74, 6) is -1.52. The number of halogens is 1. The van der Waals surface area contributed by atoms with E-state index in [1.165, 1.54) is 19.1 Å². The van der Waals surface area contributed by atoms with Crippen LogP contribution in [0.15, 0.2) is 77.4 Å². The molecule has 3 heterocycles. The van der Waals surface area contributed by atoms with Crippen molar-refractivity contribution in [2.24, 2.45) is 11.8 Å². The van der Waals surface area contributed by atoms with E-state index in [1.54, 1.807) is 42.5 Å². The third-order valence-corrected chi connectivity index (χ3v) is 8.01. The first-order valence-corrected chi connectivity index (χ1v) is 12.7. The van der Waals surface area contributed by atoms with Gasteiger partial charge in [0.2, 0.25) is 11.8 Å². The summed E-state index contributed by atoms with van der Waals surface area (Å²) >= 11 is 3.41. The Morgan fingerprint density at radius 2 is 1.57 bits per heavy atom. The summed E-state index contributed by atoms with van der Waals surface area (Å²) < 4.78 is 11.6.